The van der Waals surface area contributed by atoms with Gasteiger partial charge < -0.3 is 10.0 Å². The summed E-state index contributed by atoms with van der Waals surface area (Å²) in [6.45, 7) is 5.03. The molecule has 5 nitrogen and oxygen atoms in total. The fourth-order valence-corrected chi connectivity index (χ4v) is 2.52. The summed E-state index contributed by atoms with van der Waals surface area (Å²) in [5.74, 6) is -1.03. The van der Waals surface area contributed by atoms with Crippen molar-refractivity contribution in [3.05, 3.63) is 30.1 Å². The molecule has 1 saturated heterocycles. The zero-order valence-corrected chi connectivity index (χ0v) is 11.5. The Kier molecular flexibility index (Phi) is 4.50. The third-order valence-corrected chi connectivity index (χ3v) is 3.77. The fourth-order valence-electron chi connectivity index (χ4n) is 2.52. The van der Waals surface area contributed by atoms with Gasteiger partial charge in [0.25, 0.3) is 0 Å². The molecule has 2 rings (SSSR count). The first-order valence-electron chi connectivity index (χ1n) is 6.60. The number of pyridine rings is 1. The number of aromatic nitrogens is 1. The molecule has 0 aliphatic carbocycles. The van der Waals surface area contributed by atoms with Crippen LogP contribution in [0.3, 0.4) is 0 Å². The van der Waals surface area contributed by atoms with Crippen molar-refractivity contribution in [2.45, 2.75) is 19.5 Å². The Balaban J connectivity index is 2.08. The average molecular weight is 263 g/mol. The van der Waals surface area contributed by atoms with Crippen molar-refractivity contribution in [1.29, 1.82) is 0 Å². The maximum atomic E-state index is 11.3. The lowest BCUT2D eigenvalue weighted by molar-refractivity contribution is -0.142. The van der Waals surface area contributed by atoms with Crippen LogP contribution < -0.4 is 0 Å². The van der Waals surface area contributed by atoms with Crippen molar-refractivity contribution >= 4 is 5.97 Å². The van der Waals surface area contributed by atoms with Crippen molar-refractivity contribution in [3.8, 4) is 0 Å². The first-order chi connectivity index (χ1) is 9.06. The summed E-state index contributed by atoms with van der Waals surface area (Å²) in [5, 5.41) is 9.29. The van der Waals surface area contributed by atoms with Crippen LogP contribution in [0.1, 0.15) is 12.5 Å². The minimum atomic E-state index is -0.708. The van der Waals surface area contributed by atoms with Gasteiger partial charge in [0, 0.05) is 44.6 Å². The van der Waals surface area contributed by atoms with Gasteiger partial charge in [-0.25, -0.2) is 0 Å². The molecule has 2 unspecified atom stereocenters. The Morgan fingerprint density at radius 2 is 2.05 bits per heavy atom. The molecular formula is C14H21N3O2. The number of aliphatic carboxylic acids is 1. The van der Waals surface area contributed by atoms with E-state index in [9.17, 15) is 9.90 Å². The van der Waals surface area contributed by atoms with Gasteiger partial charge in [-0.05, 0) is 31.7 Å². The number of hydrogen-bond acceptors (Lipinski definition) is 4. The molecule has 0 aromatic carbocycles. The SMILES string of the molecule is CC1CN(Cc2ccncc2)CC(C(=O)O)CN1C. The van der Waals surface area contributed by atoms with Gasteiger partial charge in [0.2, 0.25) is 0 Å². The number of rotatable bonds is 3. The summed E-state index contributed by atoms with van der Waals surface area (Å²) in [6.07, 6.45) is 3.55. The van der Waals surface area contributed by atoms with Crippen molar-refractivity contribution in [2.75, 3.05) is 26.7 Å². The topological polar surface area (TPSA) is 56.7 Å². The van der Waals surface area contributed by atoms with Gasteiger partial charge in [-0.1, -0.05) is 0 Å². The molecule has 1 aromatic rings. The van der Waals surface area contributed by atoms with E-state index in [1.54, 1.807) is 12.4 Å². The van der Waals surface area contributed by atoms with Crippen molar-refractivity contribution in [2.24, 2.45) is 5.92 Å². The first kappa shape index (κ1) is 14.0. The molecule has 1 aliphatic heterocycles. The van der Waals surface area contributed by atoms with E-state index in [1.165, 1.54) is 5.56 Å². The largest absolute Gasteiger partial charge is 0.481 e. The second-order valence-corrected chi connectivity index (χ2v) is 5.37. The lowest BCUT2D eigenvalue weighted by Gasteiger charge is -2.25. The van der Waals surface area contributed by atoms with Crippen LogP contribution in [-0.4, -0.2) is 58.6 Å². The first-order valence-corrected chi connectivity index (χ1v) is 6.60. The van der Waals surface area contributed by atoms with Crippen LogP contribution in [0.5, 0.6) is 0 Å². The van der Waals surface area contributed by atoms with Gasteiger partial charge in [-0.3, -0.25) is 14.7 Å². The summed E-state index contributed by atoms with van der Waals surface area (Å²) >= 11 is 0. The third kappa shape index (κ3) is 3.75. The Morgan fingerprint density at radius 1 is 1.37 bits per heavy atom. The standard InChI is InChI=1S/C14H21N3O2/c1-11-7-17(8-12-3-5-15-6-4-12)10-13(14(18)19)9-16(11)2/h3-6,11,13H,7-10H2,1-2H3,(H,18,19). The maximum Gasteiger partial charge on any atom is 0.309 e. The van der Waals surface area contributed by atoms with E-state index >= 15 is 0 Å². The molecule has 104 valence electrons. The Morgan fingerprint density at radius 3 is 2.68 bits per heavy atom. The van der Waals surface area contributed by atoms with E-state index in [0.29, 0.717) is 19.1 Å². The highest BCUT2D eigenvalue weighted by atomic mass is 16.4. The van der Waals surface area contributed by atoms with Crippen LogP contribution in [0.4, 0.5) is 0 Å². The quantitative estimate of drug-likeness (QED) is 0.879. The minimum Gasteiger partial charge on any atom is -0.481 e. The molecule has 2 atom stereocenters. The van der Waals surface area contributed by atoms with E-state index in [-0.39, 0.29) is 5.92 Å². The molecule has 0 radical (unpaired) electrons. The van der Waals surface area contributed by atoms with Gasteiger partial charge in [-0.2, -0.15) is 0 Å². The van der Waals surface area contributed by atoms with E-state index in [1.807, 2.05) is 19.2 Å². The third-order valence-electron chi connectivity index (χ3n) is 3.77. The maximum absolute atomic E-state index is 11.3. The highest BCUT2D eigenvalue weighted by Gasteiger charge is 2.29. The molecule has 1 aromatic heterocycles. The molecule has 1 N–H and O–H groups in total. The smallest absolute Gasteiger partial charge is 0.309 e. The number of carboxylic acid groups (broad SMARTS) is 1. The minimum absolute atomic E-state index is 0.322. The molecule has 0 bridgehead atoms. The van der Waals surface area contributed by atoms with Gasteiger partial charge in [0.15, 0.2) is 0 Å². The van der Waals surface area contributed by atoms with Crippen LogP contribution >= 0.6 is 0 Å². The van der Waals surface area contributed by atoms with Crippen molar-refractivity contribution in [1.82, 2.24) is 14.8 Å². The van der Waals surface area contributed by atoms with Gasteiger partial charge in [0.05, 0.1) is 5.92 Å². The molecular weight excluding hydrogens is 242 g/mol. The predicted molar refractivity (Wildman–Crippen MR) is 72.7 cm³/mol. The number of likely N-dealkylation sites (N-methyl/N-ethyl adjacent to an activating group) is 1. The zero-order valence-electron chi connectivity index (χ0n) is 11.5. The van der Waals surface area contributed by atoms with Crippen LogP contribution in [0.2, 0.25) is 0 Å². The number of nitrogens with zero attached hydrogens (tertiary/aromatic N) is 3. The zero-order chi connectivity index (χ0) is 13.8. The molecule has 0 amide bonds. The second-order valence-electron chi connectivity index (χ2n) is 5.37. The molecule has 5 heteroatoms. The Bertz CT molecular complexity index is 424. The van der Waals surface area contributed by atoms with E-state index in [2.05, 4.69) is 21.7 Å². The van der Waals surface area contributed by atoms with E-state index < -0.39 is 5.97 Å². The van der Waals surface area contributed by atoms with Gasteiger partial charge in [0.1, 0.15) is 0 Å². The lowest BCUT2D eigenvalue weighted by Crippen LogP contribution is -2.36. The normalized spacial score (nSPS) is 26.0. The van der Waals surface area contributed by atoms with Crippen molar-refractivity contribution in [3.63, 3.8) is 0 Å². The predicted octanol–water partition coefficient (Wildman–Crippen LogP) is 0.918. The second kappa shape index (κ2) is 6.12. The molecule has 2 heterocycles. The number of carboxylic acids is 1. The summed E-state index contributed by atoms with van der Waals surface area (Å²) in [5.41, 5.74) is 1.18. The summed E-state index contributed by atoms with van der Waals surface area (Å²) in [4.78, 5) is 19.7. The van der Waals surface area contributed by atoms with Crippen LogP contribution in [0, 0.1) is 5.92 Å². The van der Waals surface area contributed by atoms with Crippen LogP contribution in [0.25, 0.3) is 0 Å². The number of carbonyl (C=O) groups is 1. The molecule has 19 heavy (non-hydrogen) atoms. The molecule has 1 aliphatic rings. The van der Waals surface area contributed by atoms with E-state index in [4.69, 9.17) is 0 Å². The molecule has 0 saturated carbocycles. The van der Waals surface area contributed by atoms with E-state index in [0.717, 1.165) is 13.1 Å². The molecule has 1 fully saturated rings. The fraction of sp³-hybridized carbons (Fsp3) is 0.571. The Labute approximate surface area is 113 Å². The lowest BCUT2D eigenvalue weighted by atomic mass is 10.1. The summed E-state index contributed by atoms with van der Waals surface area (Å²) in [7, 11) is 2.00. The van der Waals surface area contributed by atoms with Gasteiger partial charge in [-0.15, -0.1) is 0 Å². The van der Waals surface area contributed by atoms with Gasteiger partial charge >= 0.3 is 5.97 Å². The molecule has 0 spiro atoms. The highest BCUT2D eigenvalue weighted by molar-refractivity contribution is 5.70. The number of hydrogen-bond donors (Lipinski definition) is 1. The monoisotopic (exact) mass is 263 g/mol. The van der Waals surface area contributed by atoms with Crippen LogP contribution in [0.15, 0.2) is 24.5 Å². The summed E-state index contributed by atoms with van der Waals surface area (Å²) < 4.78 is 0. The van der Waals surface area contributed by atoms with Crippen LogP contribution in [-0.2, 0) is 11.3 Å². The summed E-state index contributed by atoms with van der Waals surface area (Å²) in [6, 6.07) is 4.33. The highest BCUT2D eigenvalue weighted by Crippen LogP contribution is 2.15. The Hall–Kier alpha value is -1.46. The van der Waals surface area contributed by atoms with Crippen molar-refractivity contribution < 1.29 is 9.90 Å². The average Bonchev–Trinajstić information content (AvgIpc) is 2.51.